The molecule has 1 aliphatic heterocycles. The Kier molecular flexibility index (Phi) is 3.90. The number of nitrogens with zero attached hydrogens (tertiary/aromatic N) is 1. The summed E-state index contributed by atoms with van der Waals surface area (Å²) in [5.41, 5.74) is 2.44. The minimum Gasteiger partial charge on any atom is -0.375 e. The zero-order chi connectivity index (χ0) is 16.7. The molecule has 2 unspecified atom stereocenters. The van der Waals surface area contributed by atoms with Crippen molar-refractivity contribution in [3.63, 3.8) is 0 Å². The van der Waals surface area contributed by atoms with E-state index in [1.807, 2.05) is 24.3 Å². The van der Waals surface area contributed by atoms with Gasteiger partial charge < -0.3 is 4.74 Å². The van der Waals surface area contributed by atoms with Crippen LogP contribution in [0.25, 0.3) is 0 Å². The summed E-state index contributed by atoms with van der Waals surface area (Å²) in [6, 6.07) is 13.7. The first-order valence-electron chi connectivity index (χ1n) is 7.98. The molecule has 0 saturated carbocycles. The van der Waals surface area contributed by atoms with Crippen molar-refractivity contribution in [3.05, 3.63) is 71.0 Å². The molecule has 1 heterocycles. The number of fused-ring (bicyclic) bond motifs is 3. The number of benzene rings is 2. The van der Waals surface area contributed by atoms with Crippen molar-refractivity contribution in [1.29, 1.82) is 0 Å². The molecule has 2 atom stereocenters. The van der Waals surface area contributed by atoms with Gasteiger partial charge in [-0.05, 0) is 17.2 Å². The first kappa shape index (κ1) is 15.7. The van der Waals surface area contributed by atoms with Crippen LogP contribution in [0.15, 0.2) is 48.5 Å². The topological polar surface area (TPSA) is 46.6 Å². The predicted octanol–water partition coefficient (Wildman–Crippen LogP) is 2.65. The van der Waals surface area contributed by atoms with E-state index in [-0.39, 0.29) is 30.8 Å². The van der Waals surface area contributed by atoms with E-state index < -0.39 is 16.1 Å². The van der Waals surface area contributed by atoms with E-state index in [4.69, 9.17) is 4.74 Å². The van der Waals surface area contributed by atoms with Gasteiger partial charge in [-0.15, -0.1) is 0 Å². The van der Waals surface area contributed by atoms with Crippen LogP contribution in [0.2, 0.25) is 0 Å². The fourth-order valence-corrected chi connectivity index (χ4v) is 5.09. The van der Waals surface area contributed by atoms with E-state index in [1.54, 1.807) is 18.2 Å². The van der Waals surface area contributed by atoms with Gasteiger partial charge in [0.2, 0.25) is 10.0 Å². The summed E-state index contributed by atoms with van der Waals surface area (Å²) in [5, 5.41) is 0. The highest BCUT2D eigenvalue weighted by molar-refractivity contribution is 7.89. The van der Waals surface area contributed by atoms with Crippen molar-refractivity contribution in [2.75, 3.05) is 12.4 Å². The van der Waals surface area contributed by atoms with Gasteiger partial charge in [0.25, 0.3) is 0 Å². The fraction of sp³-hybridized carbons (Fsp3) is 0.333. The molecular formula is C18H18FNO3S. The molecule has 0 amide bonds. The smallest absolute Gasteiger partial charge is 0.217 e. The zero-order valence-electron chi connectivity index (χ0n) is 13.1. The van der Waals surface area contributed by atoms with E-state index in [9.17, 15) is 12.8 Å². The third kappa shape index (κ3) is 2.64. The summed E-state index contributed by atoms with van der Waals surface area (Å²) < 4.78 is 46.9. The van der Waals surface area contributed by atoms with Crippen molar-refractivity contribution < 1.29 is 17.5 Å². The van der Waals surface area contributed by atoms with Crippen LogP contribution in [0.1, 0.15) is 22.7 Å². The van der Waals surface area contributed by atoms with E-state index in [0.717, 1.165) is 11.1 Å². The second-order valence-corrected chi connectivity index (χ2v) is 8.25. The third-order valence-corrected chi connectivity index (χ3v) is 6.53. The van der Waals surface area contributed by atoms with E-state index >= 15 is 0 Å². The number of hydrogen-bond donors (Lipinski definition) is 0. The Bertz CT molecular complexity index is 868. The molecule has 1 saturated heterocycles. The molecule has 6 heteroatoms. The summed E-state index contributed by atoms with van der Waals surface area (Å²) in [6.07, 6.45) is 0.468. The first-order valence-corrected chi connectivity index (χ1v) is 9.59. The maximum Gasteiger partial charge on any atom is 0.217 e. The lowest BCUT2D eigenvalue weighted by Crippen LogP contribution is -2.37. The number of sulfonamides is 1. The Balaban J connectivity index is 1.79. The molecule has 2 aliphatic rings. The highest BCUT2D eigenvalue weighted by atomic mass is 32.2. The second kappa shape index (κ2) is 5.95. The molecule has 0 aromatic heterocycles. The van der Waals surface area contributed by atoms with Gasteiger partial charge in [0, 0.05) is 18.5 Å². The van der Waals surface area contributed by atoms with Crippen molar-refractivity contribution in [2.45, 2.75) is 25.1 Å². The summed E-state index contributed by atoms with van der Waals surface area (Å²) in [6.45, 7) is 0.194. The summed E-state index contributed by atoms with van der Waals surface area (Å²) in [5.74, 6) is -0.461. The minimum atomic E-state index is -3.53. The summed E-state index contributed by atoms with van der Waals surface area (Å²) >= 11 is 0. The zero-order valence-corrected chi connectivity index (χ0v) is 13.9. The van der Waals surface area contributed by atoms with Gasteiger partial charge >= 0.3 is 0 Å². The summed E-state index contributed by atoms with van der Waals surface area (Å²) in [4.78, 5) is 0. The Labute approximate surface area is 140 Å². The van der Waals surface area contributed by atoms with Crippen molar-refractivity contribution >= 4 is 10.0 Å². The van der Waals surface area contributed by atoms with Crippen LogP contribution in [-0.2, 0) is 27.7 Å². The fourth-order valence-electron chi connectivity index (χ4n) is 3.61. The highest BCUT2D eigenvalue weighted by Gasteiger charge is 2.44. The van der Waals surface area contributed by atoms with Crippen LogP contribution >= 0.6 is 0 Å². The van der Waals surface area contributed by atoms with Gasteiger partial charge in [-0.1, -0.05) is 42.5 Å². The average Bonchev–Trinajstić information content (AvgIpc) is 2.86. The van der Waals surface area contributed by atoms with E-state index in [1.165, 1.54) is 10.4 Å². The minimum absolute atomic E-state index is 0.0217. The van der Waals surface area contributed by atoms with Gasteiger partial charge in [0.05, 0.1) is 24.5 Å². The second-order valence-electron chi connectivity index (χ2n) is 6.21. The van der Waals surface area contributed by atoms with E-state index in [2.05, 4.69) is 0 Å². The molecule has 2 aromatic rings. The van der Waals surface area contributed by atoms with Crippen LogP contribution in [-0.4, -0.2) is 31.2 Å². The average molecular weight is 347 g/mol. The van der Waals surface area contributed by atoms with Crippen LogP contribution < -0.4 is 0 Å². The Hall–Kier alpha value is -1.76. The van der Waals surface area contributed by atoms with Crippen molar-refractivity contribution in [1.82, 2.24) is 4.31 Å². The first-order chi connectivity index (χ1) is 11.6. The van der Waals surface area contributed by atoms with Crippen LogP contribution in [0.5, 0.6) is 0 Å². The largest absolute Gasteiger partial charge is 0.375 e. The van der Waals surface area contributed by atoms with Crippen molar-refractivity contribution in [2.24, 2.45) is 0 Å². The summed E-state index contributed by atoms with van der Waals surface area (Å²) in [7, 11) is -3.53. The number of hydrogen-bond acceptors (Lipinski definition) is 3. The van der Waals surface area contributed by atoms with Gasteiger partial charge in [0.1, 0.15) is 5.82 Å². The van der Waals surface area contributed by atoms with Gasteiger partial charge in [-0.2, -0.15) is 4.31 Å². The molecule has 0 radical (unpaired) electrons. The van der Waals surface area contributed by atoms with Gasteiger partial charge in [-0.25, -0.2) is 12.8 Å². The Morgan fingerprint density at radius 1 is 1.12 bits per heavy atom. The third-order valence-electron chi connectivity index (χ3n) is 4.77. The molecular weight excluding hydrogens is 329 g/mol. The van der Waals surface area contributed by atoms with Gasteiger partial charge in [-0.3, -0.25) is 0 Å². The molecule has 0 bridgehead atoms. The number of halogens is 1. The standard InChI is InChI=1S/C18H18FNO3S/c19-16-8-4-2-6-14(16)12-20-18-15-7-3-1-5-13(15)11-17(18)23-9-10-24(20,21)22/h1-8,17-18H,9-12H2. The molecule has 1 fully saturated rings. The molecule has 0 spiro atoms. The molecule has 2 aromatic carbocycles. The van der Waals surface area contributed by atoms with Crippen LogP contribution in [0, 0.1) is 5.82 Å². The van der Waals surface area contributed by atoms with Gasteiger partial charge in [0.15, 0.2) is 0 Å². The molecule has 0 N–H and O–H groups in total. The lowest BCUT2D eigenvalue weighted by Gasteiger charge is -2.29. The van der Waals surface area contributed by atoms with E-state index in [0.29, 0.717) is 12.0 Å². The SMILES string of the molecule is O=S1(=O)CCOC2Cc3ccccc3C2N1Cc1ccccc1F. The number of ether oxygens (including phenoxy) is 1. The maximum atomic E-state index is 14.1. The Morgan fingerprint density at radius 3 is 2.71 bits per heavy atom. The normalized spacial score (nSPS) is 25.7. The molecule has 1 aliphatic carbocycles. The Morgan fingerprint density at radius 2 is 1.88 bits per heavy atom. The lowest BCUT2D eigenvalue weighted by molar-refractivity contribution is 0.0320. The van der Waals surface area contributed by atoms with Crippen molar-refractivity contribution in [3.8, 4) is 0 Å². The predicted molar refractivity (Wildman–Crippen MR) is 88.4 cm³/mol. The monoisotopic (exact) mass is 347 g/mol. The molecule has 4 rings (SSSR count). The molecule has 4 nitrogen and oxygen atoms in total. The van der Waals surface area contributed by atoms with Crippen LogP contribution in [0.4, 0.5) is 4.39 Å². The molecule has 126 valence electrons. The maximum absolute atomic E-state index is 14.1. The van der Waals surface area contributed by atoms with Crippen LogP contribution in [0.3, 0.4) is 0 Å². The quantitative estimate of drug-likeness (QED) is 0.839. The molecule has 24 heavy (non-hydrogen) atoms. The lowest BCUT2D eigenvalue weighted by atomic mass is 10.1. The number of rotatable bonds is 2. The highest BCUT2D eigenvalue weighted by Crippen LogP contribution is 2.41.